The molecule has 0 spiro atoms. The minimum atomic E-state index is -0.382. The van der Waals surface area contributed by atoms with Crippen molar-refractivity contribution in [2.75, 3.05) is 0 Å². The van der Waals surface area contributed by atoms with Crippen molar-refractivity contribution >= 4 is 11.5 Å². The van der Waals surface area contributed by atoms with E-state index in [1.54, 1.807) is 11.4 Å². The third kappa shape index (κ3) is 2.12. The van der Waals surface area contributed by atoms with Crippen LogP contribution in [0.4, 0.5) is 0 Å². The maximum Gasteiger partial charge on any atom is 0.369 e. The highest BCUT2D eigenvalue weighted by molar-refractivity contribution is 7.03. The van der Waals surface area contributed by atoms with Crippen LogP contribution in [-0.4, -0.2) is 34.4 Å². The molecule has 0 aliphatic heterocycles. The van der Waals surface area contributed by atoms with Crippen LogP contribution in [0.1, 0.15) is 5.56 Å². The van der Waals surface area contributed by atoms with Gasteiger partial charge in [-0.05, 0) is 22.0 Å². The van der Waals surface area contributed by atoms with Crippen LogP contribution >= 0.6 is 11.5 Å². The Bertz CT molecular complexity index is 788. The number of hydrogen-bond acceptors (Lipinski definition) is 7. The lowest BCUT2D eigenvalue weighted by Crippen LogP contribution is -2.23. The van der Waals surface area contributed by atoms with Gasteiger partial charge in [-0.3, -0.25) is 5.09 Å². The molecular formula is C9H9N7O2S. The third-order valence-corrected chi connectivity index (χ3v) is 3.03. The molecule has 0 aliphatic carbocycles. The SMILES string of the molecule is [3H]n1ccc(OCc2csnc2-n2nnn(C)c2=O)n1. The number of tetrazole rings is 1. The van der Waals surface area contributed by atoms with Crippen molar-refractivity contribution < 1.29 is 6.15 Å². The second-order valence-electron chi connectivity index (χ2n) is 3.62. The first-order chi connectivity index (χ1) is 9.65. The van der Waals surface area contributed by atoms with Gasteiger partial charge in [0.15, 0.2) is 7.23 Å². The van der Waals surface area contributed by atoms with Gasteiger partial charge in [0.25, 0.3) is 0 Å². The van der Waals surface area contributed by atoms with Gasteiger partial charge in [0.1, 0.15) is 6.61 Å². The molecule has 3 heterocycles. The Morgan fingerprint density at radius 2 is 2.47 bits per heavy atom. The number of aromatic amines is 1. The quantitative estimate of drug-likeness (QED) is 0.705. The molecule has 9 nitrogen and oxygen atoms in total. The number of rotatable bonds is 4. The first-order valence-corrected chi connectivity index (χ1v) is 6.09. The van der Waals surface area contributed by atoms with Gasteiger partial charge in [0.2, 0.25) is 5.88 Å². The highest BCUT2D eigenvalue weighted by Gasteiger charge is 2.14. The number of aromatic nitrogens is 7. The molecule has 0 saturated heterocycles. The molecule has 0 radical (unpaired) electrons. The van der Waals surface area contributed by atoms with Gasteiger partial charge in [0, 0.05) is 30.3 Å². The van der Waals surface area contributed by atoms with Gasteiger partial charge in [-0.15, -0.1) is 9.78 Å². The Morgan fingerprint density at radius 1 is 1.58 bits per heavy atom. The van der Waals surface area contributed by atoms with Crippen molar-refractivity contribution in [3.05, 3.63) is 33.7 Å². The third-order valence-electron chi connectivity index (χ3n) is 2.36. The predicted molar refractivity (Wildman–Crippen MR) is 65.2 cm³/mol. The summed E-state index contributed by atoms with van der Waals surface area (Å²) < 4.78 is 19.0. The summed E-state index contributed by atoms with van der Waals surface area (Å²) in [4.78, 5) is 11.8. The van der Waals surface area contributed by atoms with E-state index in [2.05, 4.69) is 19.9 Å². The van der Waals surface area contributed by atoms with Crippen molar-refractivity contribution in [3.63, 3.8) is 0 Å². The number of H-pyrrole nitrogens is 1. The van der Waals surface area contributed by atoms with Crippen molar-refractivity contribution in [1.82, 2.24) is 34.4 Å². The average Bonchev–Trinajstić information content (AvgIpc) is 3.11. The number of hydrogen-bond donors (Lipinski definition) is 1. The summed E-state index contributed by atoms with van der Waals surface area (Å²) in [5.41, 5.74) is 0.310. The molecule has 0 atom stereocenters. The first-order valence-electron chi connectivity index (χ1n) is 5.70. The van der Waals surface area contributed by atoms with Gasteiger partial charge in [-0.1, -0.05) is 0 Å². The highest BCUT2D eigenvalue weighted by atomic mass is 32.1. The van der Waals surface area contributed by atoms with Crippen molar-refractivity contribution in [1.29, 1.82) is 0 Å². The Morgan fingerprint density at radius 3 is 3.16 bits per heavy atom. The van der Waals surface area contributed by atoms with Crippen molar-refractivity contribution in [3.8, 4) is 11.7 Å². The average molecular weight is 281 g/mol. The maximum absolute atomic E-state index is 11.8. The van der Waals surface area contributed by atoms with Crippen LogP contribution in [0, 0.1) is 0 Å². The number of ether oxygens (including phenoxy) is 1. The molecule has 0 unspecified atom stereocenters. The number of nitrogens with one attached hydrogen (secondary N) is 1. The molecule has 0 fully saturated rings. The summed E-state index contributed by atoms with van der Waals surface area (Å²) in [5, 5.41) is 13.8. The second kappa shape index (κ2) is 4.65. The fraction of sp³-hybridized carbons (Fsp3) is 0.222. The van der Waals surface area contributed by atoms with E-state index < -0.39 is 0 Å². The minimum Gasteiger partial charge on any atom is -0.472 e. The van der Waals surface area contributed by atoms with Crippen LogP contribution in [0.2, 0.25) is 1.41 Å². The predicted octanol–water partition coefficient (Wildman–Crippen LogP) is -0.275. The lowest BCUT2D eigenvalue weighted by atomic mass is 10.3. The molecule has 0 bridgehead atoms. The first kappa shape index (κ1) is 10.4. The lowest BCUT2D eigenvalue weighted by molar-refractivity contribution is 0.293. The van der Waals surface area contributed by atoms with Crippen molar-refractivity contribution in [2.24, 2.45) is 7.05 Å². The van der Waals surface area contributed by atoms with Crippen LogP contribution in [0.15, 0.2) is 22.4 Å². The molecule has 3 aromatic heterocycles. The molecule has 0 saturated carbocycles. The van der Waals surface area contributed by atoms with E-state index in [4.69, 9.17) is 6.15 Å². The summed E-state index contributed by atoms with van der Waals surface area (Å²) in [5.74, 6) is 0.710. The normalized spacial score (nSPS) is 11.5. The van der Waals surface area contributed by atoms with Gasteiger partial charge in [-0.25, -0.2) is 4.79 Å². The molecule has 0 aromatic carbocycles. The molecule has 3 aromatic rings. The molecular weight excluding hydrogens is 270 g/mol. The topological polar surface area (TPSA) is 104 Å². The zero-order chi connectivity index (χ0) is 14.1. The smallest absolute Gasteiger partial charge is 0.369 e. The Labute approximate surface area is 112 Å². The van der Waals surface area contributed by atoms with E-state index in [1.807, 2.05) is 0 Å². The molecule has 98 valence electrons. The highest BCUT2D eigenvalue weighted by Crippen LogP contribution is 2.15. The van der Waals surface area contributed by atoms with Gasteiger partial charge >= 0.3 is 5.69 Å². The van der Waals surface area contributed by atoms with Crippen LogP contribution in [0.5, 0.6) is 5.88 Å². The van der Waals surface area contributed by atoms with E-state index in [9.17, 15) is 4.79 Å². The monoisotopic (exact) mass is 281 g/mol. The zero-order valence-corrected chi connectivity index (χ0v) is 10.6. The Balaban J connectivity index is 1.83. The van der Waals surface area contributed by atoms with Gasteiger partial charge in [0.05, 0.1) is 0 Å². The fourth-order valence-corrected chi connectivity index (χ4v) is 2.07. The minimum absolute atomic E-state index is 0.172. The van der Waals surface area contributed by atoms with E-state index in [0.717, 1.165) is 14.5 Å². The molecule has 0 aliphatic rings. The maximum atomic E-state index is 11.8. The fourth-order valence-electron chi connectivity index (χ4n) is 1.42. The summed E-state index contributed by atoms with van der Waals surface area (Å²) >= 11 is 1.19. The molecule has 10 heteroatoms. The Kier molecular flexibility index (Phi) is 2.55. The van der Waals surface area contributed by atoms with E-state index in [0.29, 0.717) is 17.3 Å². The summed E-state index contributed by atoms with van der Waals surface area (Å²) in [6.07, 6.45) is 1.45. The van der Waals surface area contributed by atoms with Gasteiger partial charge < -0.3 is 4.74 Å². The van der Waals surface area contributed by atoms with Crippen LogP contribution in [0.3, 0.4) is 0 Å². The van der Waals surface area contributed by atoms with E-state index in [-0.39, 0.29) is 12.3 Å². The summed E-state index contributed by atoms with van der Waals surface area (Å²) in [6.45, 7) is 0.172. The number of nitrogens with zero attached hydrogens (tertiary/aromatic N) is 6. The second-order valence-corrected chi connectivity index (χ2v) is 4.25. The number of aryl methyl sites for hydroxylation is 1. The van der Waals surface area contributed by atoms with Crippen LogP contribution in [0.25, 0.3) is 5.82 Å². The van der Waals surface area contributed by atoms with E-state index in [1.165, 1.54) is 24.8 Å². The molecule has 19 heavy (non-hydrogen) atoms. The molecule has 0 amide bonds. The van der Waals surface area contributed by atoms with E-state index >= 15 is 0 Å². The molecule has 3 rings (SSSR count). The standard InChI is InChI=1S/C9H9N7O2S/c1-15-9(17)16(14-13-15)8-6(5-19-12-8)4-18-7-2-3-10-11-7/h2-3,5H,4H2,1H3,(H,10,11)/i/hT. The summed E-state index contributed by atoms with van der Waals surface area (Å²) in [7, 11) is 1.51. The summed E-state index contributed by atoms with van der Waals surface area (Å²) in [6, 6.07) is 1.57. The lowest BCUT2D eigenvalue weighted by Gasteiger charge is -2.02. The Hall–Kier alpha value is -2.49. The zero-order valence-electron chi connectivity index (χ0n) is 10.8. The van der Waals surface area contributed by atoms with Crippen LogP contribution < -0.4 is 10.4 Å². The largest absolute Gasteiger partial charge is 0.472 e. The van der Waals surface area contributed by atoms with Gasteiger partial charge in [-0.2, -0.15) is 9.06 Å². The molecule has 1 N–H and O–H groups in total. The van der Waals surface area contributed by atoms with Crippen LogP contribution in [-0.2, 0) is 13.7 Å². The van der Waals surface area contributed by atoms with Crippen molar-refractivity contribution in [2.45, 2.75) is 6.61 Å².